The summed E-state index contributed by atoms with van der Waals surface area (Å²) in [5, 5.41) is 12.0. The van der Waals surface area contributed by atoms with E-state index in [1.54, 1.807) is 0 Å². The zero-order valence-corrected chi connectivity index (χ0v) is 9.95. The van der Waals surface area contributed by atoms with E-state index in [2.05, 4.69) is 5.32 Å². The Hall–Kier alpha value is -0.570. The standard InChI is InChI=1S/C13H23NO2/c15-9-8-12(11-5-6-11)14-13(16)7-4-10-2-1-3-10/h10-12,15H,1-9H2,(H,14,16). The summed E-state index contributed by atoms with van der Waals surface area (Å²) < 4.78 is 0. The number of amides is 1. The largest absolute Gasteiger partial charge is 0.396 e. The quantitative estimate of drug-likeness (QED) is 0.694. The lowest BCUT2D eigenvalue weighted by Gasteiger charge is -2.25. The van der Waals surface area contributed by atoms with Crippen LogP contribution < -0.4 is 5.32 Å². The van der Waals surface area contributed by atoms with Crippen molar-refractivity contribution in [2.75, 3.05) is 6.61 Å². The molecule has 0 aromatic carbocycles. The van der Waals surface area contributed by atoms with Gasteiger partial charge in [-0.1, -0.05) is 19.3 Å². The van der Waals surface area contributed by atoms with Crippen molar-refractivity contribution < 1.29 is 9.90 Å². The highest BCUT2D eigenvalue weighted by molar-refractivity contribution is 5.76. The molecule has 2 aliphatic carbocycles. The van der Waals surface area contributed by atoms with Crippen molar-refractivity contribution in [1.29, 1.82) is 0 Å². The SMILES string of the molecule is O=C(CCC1CCC1)NC(CCO)C1CC1. The van der Waals surface area contributed by atoms with E-state index in [1.165, 1.54) is 32.1 Å². The topological polar surface area (TPSA) is 49.3 Å². The molecule has 3 heteroatoms. The third kappa shape index (κ3) is 3.48. The summed E-state index contributed by atoms with van der Waals surface area (Å²) in [5.41, 5.74) is 0. The highest BCUT2D eigenvalue weighted by atomic mass is 16.3. The van der Waals surface area contributed by atoms with E-state index in [4.69, 9.17) is 5.11 Å². The number of nitrogens with one attached hydrogen (secondary N) is 1. The van der Waals surface area contributed by atoms with E-state index in [0.29, 0.717) is 12.3 Å². The molecule has 1 amide bonds. The average Bonchev–Trinajstić information content (AvgIpc) is 2.97. The fraction of sp³-hybridized carbons (Fsp3) is 0.923. The normalized spacial score (nSPS) is 22.6. The van der Waals surface area contributed by atoms with Crippen molar-refractivity contribution in [3.63, 3.8) is 0 Å². The summed E-state index contributed by atoms with van der Waals surface area (Å²) in [6.45, 7) is 0.185. The third-order valence-electron chi connectivity index (χ3n) is 3.98. The summed E-state index contributed by atoms with van der Waals surface area (Å²) >= 11 is 0. The fourth-order valence-electron chi connectivity index (χ4n) is 2.46. The summed E-state index contributed by atoms with van der Waals surface area (Å²) in [5.74, 6) is 1.64. The molecule has 0 radical (unpaired) electrons. The van der Waals surface area contributed by atoms with E-state index in [9.17, 15) is 4.79 Å². The van der Waals surface area contributed by atoms with Gasteiger partial charge in [0.15, 0.2) is 0 Å². The van der Waals surface area contributed by atoms with Crippen molar-refractivity contribution in [3.05, 3.63) is 0 Å². The molecule has 2 rings (SSSR count). The molecule has 3 nitrogen and oxygen atoms in total. The lowest BCUT2D eigenvalue weighted by molar-refractivity contribution is -0.122. The van der Waals surface area contributed by atoms with Crippen LogP contribution in [-0.2, 0) is 4.79 Å². The summed E-state index contributed by atoms with van der Waals surface area (Å²) in [6, 6.07) is 0.235. The Labute approximate surface area is 97.6 Å². The van der Waals surface area contributed by atoms with Gasteiger partial charge in [0, 0.05) is 19.1 Å². The van der Waals surface area contributed by atoms with Gasteiger partial charge in [0.1, 0.15) is 0 Å². The van der Waals surface area contributed by atoms with Crippen molar-refractivity contribution >= 4 is 5.91 Å². The molecule has 2 aliphatic rings. The first kappa shape index (κ1) is 11.9. The zero-order chi connectivity index (χ0) is 11.4. The number of rotatable bonds is 7. The van der Waals surface area contributed by atoms with Gasteiger partial charge in [0.25, 0.3) is 0 Å². The minimum Gasteiger partial charge on any atom is -0.396 e. The fourth-order valence-corrected chi connectivity index (χ4v) is 2.46. The first-order chi connectivity index (χ1) is 7.79. The lowest BCUT2D eigenvalue weighted by atomic mass is 9.82. The predicted octanol–water partition coefficient (Wildman–Crippen LogP) is 1.84. The third-order valence-corrected chi connectivity index (χ3v) is 3.98. The molecule has 0 spiro atoms. The molecule has 1 atom stereocenters. The van der Waals surface area contributed by atoms with Crippen LogP contribution in [0.4, 0.5) is 0 Å². The molecular weight excluding hydrogens is 202 g/mol. The van der Waals surface area contributed by atoms with Gasteiger partial charge in [-0.3, -0.25) is 4.79 Å². The second-order valence-electron chi connectivity index (χ2n) is 5.36. The number of carbonyl (C=O) groups excluding carboxylic acids is 1. The van der Waals surface area contributed by atoms with E-state index in [0.717, 1.165) is 18.8 Å². The second kappa shape index (κ2) is 5.67. The van der Waals surface area contributed by atoms with Crippen LogP contribution in [0.15, 0.2) is 0 Å². The monoisotopic (exact) mass is 225 g/mol. The Bertz CT molecular complexity index is 234. The number of carbonyl (C=O) groups is 1. The Morgan fingerprint density at radius 1 is 1.31 bits per heavy atom. The van der Waals surface area contributed by atoms with Crippen LogP contribution in [0.2, 0.25) is 0 Å². The average molecular weight is 225 g/mol. The molecule has 0 heterocycles. The van der Waals surface area contributed by atoms with Crippen molar-refractivity contribution in [2.45, 2.75) is 57.4 Å². The maximum Gasteiger partial charge on any atom is 0.220 e. The Morgan fingerprint density at radius 3 is 2.56 bits per heavy atom. The van der Waals surface area contributed by atoms with Gasteiger partial charge in [-0.2, -0.15) is 0 Å². The summed E-state index contributed by atoms with van der Waals surface area (Å²) in [4.78, 5) is 11.7. The van der Waals surface area contributed by atoms with E-state index >= 15 is 0 Å². The molecular formula is C13H23NO2. The first-order valence-electron chi connectivity index (χ1n) is 6.70. The molecule has 0 aromatic heterocycles. The summed E-state index contributed by atoms with van der Waals surface area (Å²) in [7, 11) is 0. The Morgan fingerprint density at radius 2 is 2.06 bits per heavy atom. The smallest absolute Gasteiger partial charge is 0.220 e. The number of hydrogen-bond acceptors (Lipinski definition) is 2. The molecule has 1 unspecified atom stereocenters. The van der Waals surface area contributed by atoms with Crippen LogP contribution in [0.25, 0.3) is 0 Å². The van der Waals surface area contributed by atoms with Gasteiger partial charge in [-0.05, 0) is 37.5 Å². The molecule has 0 bridgehead atoms. The van der Waals surface area contributed by atoms with Crippen LogP contribution in [0, 0.1) is 11.8 Å². The number of aliphatic hydroxyl groups excluding tert-OH is 1. The van der Waals surface area contributed by atoms with Crippen molar-refractivity contribution in [2.24, 2.45) is 11.8 Å². The Balaban J connectivity index is 1.63. The van der Waals surface area contributed by atoms with Gasteiger partial charge in [0.2, 0.25) is 5.91 Å². The van der Waals surface area contributed by atoms with Crippen molar-refractivity contribution in [3.8, 4) is 0 Å². The molecule has 2 fully saturated rings. The first-order valence-corrected chi connectivity index (χ1v) is 6.70. The van der Waals surface area contributed by atoms with Crippen LogP contribution in [0.5, 0.6) is 0 Å². The minimum atomic E-state index is 0.185. The van der Waals surface area contributed by atoms with Crippen LogP contribution in [-0.4, -0.2) is 23.7 Å². The van der Waals surface area contributed by atoms with Gasteiger partial charge in [-0.25, -0.2) is 0 Å². The molecule has 0 saturated heterocycles. The zero-order valence-electron chi connectivity index (χ0n) is 9.95. The maximum absolute atomic E-state index is 11.7. The second-order valence-corrected chi connectivity index (χ2v) is 5.36. The highest BCUT2D eigenvalue weighted by Gasteiger charge is 2.31. The molecule has 16 heavy (non-hydrogen) atoms. The number of hydrogen-bond donors (Lipinski definition) is 2. The predicted molar refractivity (Wildman–Crippen MR) is 62.9 cm³/mol. The van der Waals surface area contributed by atoms with Crippen LogP contribution in [0.1, 0.15) is 51.4 Å². The maximum atomic E-state index is 11.7. The van der Waals surface area contributed by atoms with Gasteiger partial charge >= 0.3 is 0 Å². The molecule has 2 saturated carbocycles. The molecule has 0 aromatic rings. The molecule has 2 N–H and O–H groups in total. The van der Waals surface area contributed by atoms with E-state index < -0.39 is 0 Å². The highest BCUT2D eigenvalue weighted by Crippen LogP contribution is 2.34. The van der Waals surface area contributed by atoms with Crippen molar-refractivity contribution in [1.82, 2.24) is 5.32 Å². The van der Waals surface area contributed by atoms with Gasteiger partial charge < -0.3 is 10.4 Å². The minimum absolute atomic E-state index is 0.185. The van der Waals surface area contributed by atoms with Crippen LogP contribution in [0.3, 0.4) is 0 Å². The number of aliphatic hydroxyl groups is 1. The summed E-state index contributed by atoms with van der Waals surface area (Å²) in [6.07, 6.45) is 8.87. The van der Waals surface area contributed by atoms with E-state index in [-0.39, 0.29) is 18.6 Å². The molecule has 92 valence electrons. The van der Waals surface area contributed by atoms with Gasteiger partial charge in [-0.15, -0.1) is 0 Å². The van der Waals surface area contributed by atoms with E-state index in [1.807, 2.05) is 0 Å². The Kier molecular flexibility index (Phi) is 4.22. The van der Waals surface area contributed by atoms with Crippen LogP contribution >= 0.6 is 0 Å². The lowest BCUT2D eigenvalue weighted by Crippen LogP contribution is -2.37. The van der Waals surface area contributed by atoms with Gasteiger partial charge in [0.05, 0.1) is 0 Å². The molecule has 0 aliphatic heterocycles.